The van der Waals surface area contributed by atoms with E-state index in [4.69, 9.17) is 4.74 Å². The first-order valence-electron chi connectivity index (χ1n) is 8.81. The van der Waals surface area contributed by atoms with Crippen LogP contribution in [0.4, 0.5) is 10.1 Å². The lowest BCUT2D eigenvalue weighted by atomic mass is 10.2. The Hall–Kier alpha value is -2.60. The zero-order valence-electron chi connectivity index (χ0n) is 15.0. The molecule has 0 atom stereocenters. The van der Waals surface area contributed by atoms with Crippen LogP contribution in [0.3, 0.4) is 0 Å². The fraction of sp³-hybridized carbons (Fsp3) is 0.350. The number of hydrogen-bond donors (Lipinski definition) is 1. The lowest BCUT2D eigenvalue weighted by molar-refractivity contribution is 0.0947. The maximum absolute atomic E-state index is 12.9. The number of nitrogens with zero attached hydrogens (tertiary/aromatic N) is 2. The summed E-state index contributed by atoms with van der Waals surface area (Å²) in [7, 11) is 1.67. The van der Waals surface area contributed by atoms with Crippen molar-refractivity contribution in [2.24, 2.45) is 0 Å². The number of anilines is 1. The van der Waals surface area contributed by atoms with E-state index >= 15 is 0 Å². The van der Waals surface area contributed by atoms with E-state index in [-0.39, 0.29) is 11.7 Å². The molecule has 1 heterocycles. The molecule has 1 fully saturated rings. The van der Waals surface area contributed by atoms with E-state index in [2.05, 4.69) is 27.2 Å². The fourth-order valence-electron chi connectivity index (χ4n) is 3.05. The highest BCUT2D eigenvalue weighted by atomic mass is 19.1. The van der Waals surface area contributed by atoms with Gasteiger partial charge in [0, 0.05) is 50.5 Å². The van der Waals surface area contributed by atoms with Gasteiger partial charge in [0.05, 0.1) is 7.11 Å². The first kappa shape index (κ1) is 18.2. The van der Waals surface area contributed by atoms with Crippen molar-refractivity contribution in [1.29, 1.82) is 0 Å². The minimum absolute atomic E-state index is 0.165. The fourth-order valence-corrected chi connectivity index (χ4v) is 3.05. The molecule has 3 rings (SSSR count). The van der Waals surface area contributed by atoms with Gasteiger partial charge in [0.15, 0.2) is 0 Å². The second-order valence-corrected chi connectivity index (χ2v) is 6.29. The van der Waals surface area contributed by atoms with Gasteiger partial charge in [0.2, 0.25) is 0 Å². The molecule has 1 N–H and O–H groups in total. The highest BCUT2D eigenvalue weighted by molar-refractivity contribution is 5.94. The Morgan fingerprint density at radius 3 is 2.31 bits per heavy atom. The zero-order chi connectivity index (χ0) is 18.4. The Labute approximate surface area is 153 Å². The van der Waals surface area contributed by atoms with Gasteiger partial charge in [0.1, 0.15) is 11.6 Å². The third-order valence-corrected chi connectivity index (χ3v) is 4.63. The molecule has 1 aliphatic rings. The van der Waals surface area contributed by atoms with Gasteiger partial charge >= 0.3 is 0 Å². The number of amides is 1. The van der Waals surface area contributed by atoms with E-state index in [1.807, 2.05) is 12.1 Å². The van der Waals surface area contributed by atoms with E-state index in [1.165, 1.54) is 30.0 Å². The Morgan fingerprint density at radius 1 is 1.04 bits per heavy atom. The molecule has 1 aliphatic heterocycles. The minimum atomic E-state index is -0.337. The number of hydrogen-bond acceptors (Lipinski definition) is 4. The molecule has 2 aromatic carbocycles. The molecule has 0 spiro atoms. The van der Waals surface area contributed by atoms with Crippen LogP contribution in [0.2, 0.25) is 0 Å². The molecular weight excluding hydrogens is 333 g/mol. The number of ether oxygens (including phenoxy) is 1. The predicted molar refractivity (Wildman–Crippen MR) is 100 cm³/mol. The van der Waals surface area contributed by atoms with Gasteiger partial charge in [-0.1, -0.05) is 0 Å². The predicted octanol–water partition coefficient (Wildman–Crippen LogP) is 2.39. The third-order valence-electron chi connectivity index (χ3n) is 4.63. The van der Waals surface area contributed by atoms with E-state index < -0.39 is 0 Å². The zero-order valence-corrected chi connectivity index (χ0v) is 15.0. The molecular formula is C20H24FN3O2. The van der Waals surface area contributed by atoms with E-state index in [0.717, 1.165) is 38.5 Å². The molecule has 2 aromatic rings. The van der Waals surface area contributed by atoms with Crippen molar-refractivity contribution in [3.05, 3.63) is 59.9 Å². The average Bonchev–Trinajstić information content (AvgIpc) is 2.69. The maximum Gasteiger partial charge on any atom is 0.251 e. The number of piperazine rings is 1. The van der Waals surface area contributed by atoms with Crippen LogP contribution in [0.25, 0.3) is 0 Å². The lowest BCUT2D eigenvalue weighted by Crippen LogP contribution is -2.48. The number of carbonyl (C=O) groups is 1. The van der Waals surface area contributed by atoms with Gasteiger partial charge in [0.25, 0.3) is 5.91 Å². The first-order valence-corrected chi connectivity index (χ1v) is 8.81. The van der Waals surface area contributed by atoms with E-state index in [1.54, 1.807) is 7.11 Å². The van der Waals surface area contributed by atoms with Gasteiger partial charge in [-0.3, -0.25) is 9.69 Å². The normalized spacial score (nSPS) is 14.9. The SMILES string of the molecule is COc1ccc(N2CCN(CCNC(=O)c3ccc(F)cc3)CC2)cc1. The molecule has 5 nitrogen and oxygen atoms in total. The number of nitrogens with one attached hydrogen (secondary N) is 1. The molecule has 0 unspecified atom stereocenters. The van der Waals surface area contributed by atoms with Crippen molar-refractivity contribution in [3.63, 3.8) is 0 Å². The standard InChI is InChI=1S/C20H24FN3O2/c1-26-19-8-6-18(7-9-19)24-14-12-23(13-15-24)11-10-22-20(25)16-2-4-17(21)5-3-16/h2-9H,10-15H2,1H3,(H,22,25). The quantitative estimate of drug-likeness (QED) is 0.862. The smallest absolute Gasteiger partial charge is 0.251 e. The van der Waals surface area contributed by atoms with Crippen LogP contribution < -0.4 is 15.0 Å². The summed E-state index contributed by atoms with van der Waals surface area (Å²) in [5, 5.41) is 2.89. The summed E-state index contributed by atoms with van der Waals surface area (Å²) in [4.78, 5) is 16.7. The lowest BCUT2D eigenvalue weighted by Gasteiger charge is -2.36. The molecule has 138 valence electrons. The van der Waals surface area contributed by atoms with Crippen molar-refractivity contribution in [2.45, 2.75) is 0 Å². The van der Waals surface area contributed by atoms with Crippen molar-refractivity contribution in [3.8, 4) is 5.75 Å². The van der Waals surface area contributed by atoms with Crippen LogP contribution in [0.15, 0.2) is 48.5 Å². The Kier molecular flexibility index (Phi) is 6.07. The third kappa shape index (κ3) is 4.73. The molecule has 26 heavy (non-hydrogen) atoms. The van der Waals surface area contributed by atoms with Gasteiger partial charge in [-0.05, 0) is 48.5 Å². The minimum Gasteiger partial charge on any atom is -0.497 e. The summed E-state index contributed by atoms with van der Waals surface area (Å²) in [6, 6.07) is 13.7. The molecule has 0 bridgehead atoms. The second-order valence-electron chi connectivity index (χ2n) is 6.29. The molecule has 0 aliphatic carbocycles. The van der Waals surface area contributed by atoms with Crippen molar-refractivity contribution in [2.75, 3.05) is 51.3 Å². The summed E-state index contributed by atoms with van der Waals surface area (Å²) in [5.74, 6) is 0.363. The number of carbonyl (C=O) groups excluding carboxylic acids is 1. The monoisotopic (exact) mass is 357 g/mol. The summed E-state index contributed by atoms with van der Waals surface area (Å²) < 4.78 is 18.1. The van der Waals surface area contributed by atoms with Crippen LogP contribution in [0, 0.1) is 5.82 Å². The Balaban J connectivity index is 1.39. The van der Waals surface area contributed by atoms with Crippen molar-refractivity contribution in [1.82, 2.24) is 10.2 Å². The van der Waals surface area contributed by atoms with Crippen LogP contribution in [0.1, 0.15) is 10.4 Å². The summed E-state index contributed by atoms with van der Waals surface area (Å²) in [6.45, 7) is 5.22. The molecule has 0 radical (unpaired) electrons. The molecule has 1 amide bonds. The molecule has 6 heteroatoms. The first-order chi connectivity index (χ1) is 12.7. The van der Waals surface area contributed by atoms with Gasteiger partial charge < -0.3 is 15.0 Å². The summed E-state index contributed by atoms with van der Waals surface area (Å²) in [5.41, 5.74) is 1.69. The largest absolute Gasteiger partial charge is 0.497 e. The van der Waals surface area contributed by atoms with Gasteiger partial charge in [-0.15, -0.1) is 0 Å². The number of rotatable bonds is 6. The number of methoxy groups -OCH3 is 1. The highest BCUT2D eigenvalue weighted by Gasteiger charge is 2.17. The van der Waals surface area contributed by atoms with Gasteiger partial charge in [-0.25, -0.2) is 4.39 Å². The van der Waals surface area contributed by atoms with E-state index in [0.29, 0.717) is 12.1 Å². The Bertz CT molecular complexity index is 711. The average molecular weight is 357 g/mol. The summed E-state index contributed by atoms with van der Waals surface area (Å²) in [6.07, 6.45) is 0. The van der Waals surface area contributed by atoms with Crippen LogP contribution in [-0.2, 0) is 0 Å². The van der Waals surface area contributed by atoms with Gasteiger partial charge in [-0.2, -0.15) is 0 Å². The number of halogens is 1. The highest BCUT2D eigenvalue weighted by Crippen LogP contribution is 2.20. The number of benzene rings is 2. The topological polar surface area (TPSA) is 44.8 Å². The van der Waals surface area contributed by atoms with Crippen LogP contribution >= 0.6 is 0 Å². The van der Waals surface area contributed by atoms with Crippen LogP contribution in [0.5, 0.6) is 5.75 Å². The summed E-state index contributed by atoms with van der Waals surface area (Å²) >= 11 is 0. The maximum atomic E-state index is 12.9. The van der Waals surface area contributed by atoms with Crippen molar-refractivity contribution < 1.29 is 13.9 Å². The molecule has 0 saturated carbocycles. The second kappa shape index (κ2) is 8.67. The van der Waals surface area contributed by atoms with Crippen LogP contribution in [-0.4, -0.2) is 57.2 Å². The Morgan fingerprint density at radius 2 is 1.69 bits per heavy atom. The molecule has 0 aromatic heterocycles. The van der Waals surface area contributed by atoms with Crippen molar-refractivity contribution >= 4 is 11.6 Å². The molecule has 1 saturated heterocycles. The van der Waals surface area contributed by atoms with E-state index in [9.17, 15) is 9.18 Å².